The second-order valence-electron chi connectivity index (χ2n) is 6.81. The average Bonchev–Trinajstić information content (AvgIpc) is 2.77. The summed E-state index contributed by atoms with van der Waals surface area (Å²) in [5.74, 6) is 0.623. The van der Waals surface area contributed by atoms with Crippen LogP contribution in [0.5, 0.6) is 5.75 Å². The third-order valence-electron chi connectivity index (χ3n) is 5.02. The summed E-state index contributed by atoms with van der Waals surface area (Å²) in [6, 6.07) is 14.4. The summed E-state index contributed by atoms with van der Waals surface area (Å²) in [4.78, 5) is 26.8. The molecule has 4 rings (SSSR count). The Kier molecular flexibility index (Phi) is 4.32. The van der Waals surface area contributed by atoms with Crippen LogP contribution in [0.3, 0.4) is 0 Å². The van der Waals surface area contributed by atoms with Gasteiger partial charge >= 0.3 is 0 Å². The van der Waals surface area contributed by atoms with Gasteiger partial charge in [-0.3, -0.25) is 9.59 Å². The largest absolute Gasteiger partial charge is 0.484 e. The van der Waals surface area contributed by atoms with Gasteiger partial charge in [0.2, 0.25) is 5.91 Å². The minimum absolute atomic E-state index is 0.0185. The zero-order valence-corrected chi connectivity index (χ0v) is 15.0. The Balaban J connectivity index is 1.49. The number of carbonyl (C=O) groups excluding carboxylic acids is 2. The fraction of sp³-hybridized carbons (Fsp3) is 0.300. The Bertz CT molecular complexity index is 842. The fourth-order valence-electron chi connectivity index (χ4n) is 3.59. The molecule has 1 fully saturated rings. The van der Waals surface area contributed by atoms with E-state index >= 15 is 0 Å². The lowest BCUT2D eigenvalue weighted by atomic mass is 9.87. The van der Waals surface area contributed by atoms with Gasteiger partial charge in [-0.25, -0.2) is 0 Å². The number of benzene rings is 2. The molecule has 0 bridgehead atoms. The topological polar surface area (TPSA) is 58.6 Å². The van der Waals surface area contributed by atoms with Crippen LogP contribution >= 0.6 is 11.6 Å². The molecule has 5 nitrogen and oxygen atoms in total. The monoisotopic (exact) mass is 370 g/mol. The summed E-state index contributed by atoms with van der Waals surface area (Å²) in [6.45, 7) is 1.10. The lowest BCUT2D eigenvalue weighted by Crippen LogP contribution is -2.50. The van der Waals surface area contributed by atoms with Crippen LogP contribution in [-0.2, 0) is 4.79 Å². The minimum Gasteiger partial charge on any atom is -0.484 e. The first-order valence-corrected chi connectivity index (χ1v) is 9.05. The van der Waals surface area contributed by atoms with E-state index in [-0.39, 0.29) is 11.8 Å². The highest BCUT2D eigenvalue weighted by Gasteiger charge is 2.42. The molecule has 2 aromatic rings. The highest BCUT2D eigenvalue weighted by molar-refractivity contribution is 6.30. The number of carbonyl (C=O) groups is 2. The van der Waals surface area contributed by atoms with Crippen LogP contribution in [0.15, 0.2) is 48.5 Å². The molecule has 2 aromatic carbocycles. The van der Waals surface area contributed by atoms with Crippen molar-refractivity contribution >= 4 is 29.1 Å². The lowest BCUT2D eigenvalue weighted by molar-refractivity contribution is -0.120. The number of rotatable bonds is 1. The SMILES string of the molecule is O=C1CC2(CCN(C(=O)c3ccc(Cl)cc3)CC2)Oc2ccccc2N1. The van der Waals surface area contributed by atoms with E-state index in [1.165, 1.54) is 0 Å². The van der Waals surface area contributed by atoms with Crippen LogP contribution in [0.4, 0.5) is 5.69 Å². The second-order valence-corrected chi connectivity index (χ2v) is 7.24. The summed E-state index contributed by atoms with van der Waals surface area (Å²) in [6.07, 6.45) is 1.53. The zero-order chi connectivity index (χ0) is 18.1. The molecule has 2 amide bonds. The maximum atomic E-state index is 12.7. The third-order valence-corrected chi connectivity index (χ3v) is 5.28. The molecular formula is C20H19ClN2O3. The van der Waals surface area contributed by atoms with E-state index in [0.717, 1.165) is 0 Å². The molecule has 0 atom stereocenters. The number of hydrogen-bond acceptors (Lipinski definition) is 3. The Hall–Kier alpha value is -2.53. The Morgan fingerprint density at radius 1 is 1.08 bits per heavy atom. The van der Waals surface area contributed by atoms with E-state index in [1.54, 1.807) is 24.3 Å². The van der Waals surface area contributed by atoms with E-state index in [4.69, 9.17) is 16.3 Å². The summed E-state index contributed by atoms with van der Waals surface area (Å²) in [5, 5.41) is 3.51. The van der Waals surface area contributed by atoms with E-state index in [9.17, 15) is 9.59 Å². The molecule has 1 N–H and O–H groups in total. The maximum absolute atomic E-state index is 12.7. The zero-order valence-electron chi connectivity index (χ0n) is 14.2. The molecule has 0 aromatic heterocycles. The summed E-state index contributed by atoms with van der Waals surface area (Å²) in [7, 11) is 0. The minimum atomic E-state index is -0.562. The van der Waals surface area contributed by atoms with Crippen molar-refractivity contribution in [2.75, 3.05) is 18.4 Å². The highest BCUT2D eigenvalue weighted by atomic mass is 35.5. The first-order chi connectivity index (χ1) is 12.5. The average molecular weight is 371 g/mol. The van der Waals surface area contributed by atoms with Crippen LogP contribution < -0.4 is 10.1 Å². The fourth-order valence-corrected chi connectivity index (χ4v) is 3.71. The summed E-state index contributed by atoms with van der Waals surface area (Å²) >= 11 is 5.89. The maximum Gasteiger partial charge on any atom is 0.253 e. The molecule has 134 valence electrons. The van der Waals surface area contributed by atoms with Crippen LogP contribution in [0.2, 0.25) is 5.02 Å². The number of anilines is 1. The first-order valence-electron chi connectivity index (χ1n) is 8.67. The highest BCUT2D eigenvalue weighted by Crippen LogP contribution is 2.38. The predicted octanol–water partition coefficient (Wildman–Crippen LogP) is 3.74. The van der Waals surface area contributed by atoms with Gasteiger partial charge in [-0.1, -0.05) is 23.7 Å². The van der Waals surface area contributed by atoms with Crippen molar-refractivity contribution in [3.8, 4) is 5.75 Å². The van der Waals surface area contributed by atoms with Gasteiger partial charge in [-0.15, -0.1) is 0 Å². The van der Waals surface area contributed by atoms with Gasteiger partial charge in [0.15, 0.2) is 0 Å². The van der Waals surface area contributed by atoms with Crippen LogP contribution in [0.25, 0.3) is 0 Å². The molecular weight excluding hydrogens is 352 g/mol. The molecule has 2 heterocycles. The van der Waals surface area contributed by atoms with Crippen molar-refractivity contribution in [1.82, 2.24) is 4.90 Å². The van der Waals surface area contributed by atoms with E-state index < -0.39 is 5.60 Å². The first kappa shape index (κ1) is 16.9. The molecule has 0 radical (unpaired) electrons. The quantitative estimate of drug-likeness (QED) is 0.832. The number of likely N-dealkylation sites (tertiary alicyclic amines) is 1. The van der Waals surface area contributed by atoms with Crippen molar-refractivity contribution < 1.29 is 14.3 Å². The summed E-state index contributed by atoms with van der Waals surface area (Å²) in [5.41, 5.74) is 0.761. The molecule has 0 aliphatic carbocycles. The number of nitrogens with one attached hydrogen (secondary N) is 1. The van der Waals surface area contributed by atoms with Gasteiger partial charge in [0.25, 0.3) is 5.91 Å². The Morgan fingerprint density at radius 2 is 1.77 bits per heavy atom. The van der Waals surface area contributed by atoms with Crippen molar-refractivity contribution in [1.29, 1.82) is 0 Å². The van der Waals surface area contributed by atoms with Crippen molar-refractivity contribution in [2.24, 2.45) is 0 Å². The van der Waals surface area contributed by atoms with Crippen LogP contribution in [0.1, 0.15) is 29.6 Å². The number of piperidine rings is 1. The summed E-state index contributed by atoms with van der Waals surface area (Å²) < 4.78 is 6.27. The number of halogens is 1. The Labute approximate surface area is 156 Å². The third kappa shape index (κ3) is 3.27. The molecule has 1 spiro atoms. The number of hydrogen-bond donors (Lipinski definition) is 1. The number of para-hydroxylation sites is 2. The smallest absolute Gasteiger partial charge is 0.253 e. The van der Waals surface area contributed by atoms with Gasteiger partial charge in [0.05, 0.1) is 12.1 Å². The number of nitrogens with zero attached hydrogens (tertiary/aromatic N) is 1. The van der Waals surface area contributed by atoms with Gasteiger partial charge < -0.3 is 15.0 Å². The molecule has 2 aliphatic rings. The molecule has 1 saturated heterocycles. The number of amides is 2. The van der Waals surface area contributed by atoms with Crippen molar-refractivity contribution in [3.05, 3.63) is 59.1 Å². The van der Waals surface area contributed by atoms with Crippen molar-refractivity contribution in [2.45, 2.75) is 24.9 Å². The Morgan fingerprint density at radius 3 is 2.50 bits per heavy atom. The van der Waals surface area contributed by atoms with Crippen LogP contribution in [-0.4, -0.2) is 35.4 Å². The van der Waals surface area contributed by atoms with Gasteiger partial charge in [-0.2, -0.15) is 0 Å². The molecule has 0 saturated carbocycles. The lowest BCUT2D eigenvalue weighted by Gasteiger charge is -2.40. The number of ether oxygens (including phenoxy) is 1. The van der Waals surface area contributed by atoms with Crippen molar-refractivity contribution in [3.63, 3.8) is 0 Å². The van der Waals surface area contributed by atoms with Gasteiger partial charge in [0, 0.05) is 36.5 Å². The number of fused-ring (bicyclic) bond motifs is 1. The second kappa shape index (κ2) is 6.65. The molecule has 26 heavy (non-hydrogen) atoms. The van der Waals surface area contributed by atoms with Gasteiger partial charge in [0.1, 0.15) is 11.4 Å². The predicted molar refractivity (Wildman–Crippen MR) is 99.6 cm³/mol. The van der Waals surface area contributed by atoms with E-state index in [1.807, 2.05) is 29.2 Å². The van der Waals surface area contributed by atoms with E-state index in [2.05, 4.69) is 5.32 Å². The molecule has 6 heteroatoms. The standard InChI is InChI=1S/C20H19ClN2O3/c21-15-7-5-14(6-8-15)19(25)23-11-9-20(10-12-23)13-18(24)22-16-3-1-2-4-17(16)26-20/h1-8H,9-13H2,(H,22,24). The van der Waals surface area contributed by atoms with E-state index in [0.29, 0.717) is 54.4 Å². The molecule has 2 aliphatic heterocycles. The normalized spacial score (nSPS) is 18.5. The molecule has 0 unspecified atom stereocenters. The van der Waals surface area contributed by atoms with Gasteiger partial charge in [-0.05, 0) is 36.4 Å². The van der Waals surface area contributed by atoms with Crippen LogP contribution in [0, 0.1) is 0 Å².